The molecule has 1 unspecified atom stereocenters. The molecule has 1 aliphatic rings. The topological polar surface area (TPSA) is 110 Å². The number of carbonyl (C=O) groups is 2. The largest absolute Gasteiger partial charge is 0.484 e. The molecule has 1 aliphatic heterocycles. The number of para-hydroxylation sites is 1. The van der Waals surface area contributed by atoms with Crippen molar-refractivity contribution in [2.75, 3.05) is 19.7 Å². The molecule has 0 saturated carbocycles. The van der Waals surface area contributed by atoms with Gasteiger partial charge in [0.2, 0.25) is 11.7 Å². The summed E-state index contributed by atoms with van der Waals surface area (Å²) in [6, 6.07) is 12.3. The van der Waals surface area contributed by atoms with E-state index in [-0.39, 0.29) is 30.2 Å². The smallest absolute Gasteiger partial charge is 0.269 e. The van der Waals surface area contributed by atoms with Crippen LogP contribution in [0.25, 0.3) is 11.4 Å². The molecule has 32 heavy (non-hydrogen) atoms. The van der Waals surface area contributed by atoms with Gasteiger partial charge in [-0.3, -0.25) is 14.6 Å². The van der Waals surface area contributed by atoms with Crippen LogP contribution in [-0.2, 0) is 4.79 Å². The summed E-state index contributed by atoms with van der Waals surface area (Å²) >= 11 is 0. The number of amides is 2. The van der Waals surface area contributed by atoms with E-state index in [1.54, 1.807) is 17.0 Å². The second kappa shape index (κ2) is 10.0. The molecule has 1 aromatic carbocycles. The Morgan fingerprint density at radius 2 is 2.06 bits per heavy atom. The lowest BCUT2D eigenvalue weighted by Gasteiger charge is -2.33. The maximum atomic E-state index is 12.9. The third-order valence-corrected chi connectivity index (χ3v) is 5.24. The number of pyridine rings is 1. The summed E-state index contributed by atoms with van der Waals surface area (Å²) in [4.78, 5) is 35.3. The summed E-state index contributed by atoms with van der Waals surface area (Å²) in [5.74, 6) is 0.993. The van der Waals surface area contributed by atoms with Crippen molar-refractivity contribution >= 4 is 11.8 Å². The second-order valence-corrected chi connectivity index (χ2v) is 7.45. The summed E-state index contributed by atoms with van der Waals surface area (Å²) in [5.41, 5.74) is 0.903. The summed E-state index contributed by atoms with van der Waals surface area (Å²) in [5, 5.41) is 6.80. The number of rotatable bonds is 7. The van der Waals surface area contributed by atoms with Crippen molar-refractivity contribution < 1.29 is 18.8 Å². The van der Waals surface area contributed by atoms with Gasteiger partial charge in [0.1, 0.15) is 17.5 Å². The summed E-state index contributed by atoms with van der Waals surface area (Å²) in [7, 11) is 0. The van der Waals surface area contributed by atoms with Crippen molar-refractivity contribution in [3.63, 3.8) is 0 Å². The lowest BCUT2D eigenvalue weighted by Crippen LogP contribution is -2.41. The minimum absolute atomic E-state index is 0.0538. The van der Waals surface area contributed by atoms with Crippen LogP contribution in [0.15, 0.2) is 53.2 Å². The maximum absolute atomic E-state index is 12.9. The zero-order valence-electron chi connectivity index (χ0n) is 17.9. The molecule has 1 atom stereocenters. The first kappa shape index (κ1) is 21.5. The van der Waals surface area contributed by atoms with Crippen molar-refractivity contribution in [2.45, 2.75) is 32.2 Å². The van der Waals surface area contributed by atoms with E-state index in [9.17, 15) is 9.59 Å². The molecule has 3 heterocycles. The number of hydrogen-bond acceptors (Lipinski definition) is 7. The highest BCUT2D eigenvalue weighted by Crippen LogP contribution is 2.31. The Bertz CT molecular complexity index is 1070. The number of piperidine rings is 1. The van der Waals surface area contributed by atoms with E-state index in [2.05, 4.69) is 20.4 Å². The Hall–Kier alpha value is -3.75. The van der Waals surface area contributed by atoms with Crippen LogP contribution in [0.3, 0.4) is 0 Å². The van der Waals surface area contributed by atoms with Gasteiger partial charge in [-0.15, -0.1) is 0 Å². The Morgan fingerprint density at radius 3 is 2.88 bits per heavy atom. The van der Waals surface area contributed by atoms with Crippen molar-refractivity contribution in [1.29, 1.82) is 0 Å². The molecule has 0 bridgehead atoms. The van der Waals surface area contributed by atoms with Gasteiger partial charge in [-0.05, 0) is 50.5 Å². The van der Waals surface area contributed by atoms with Crippen LogP contribution < -0.4 is 10.1 Å². The van der Waals surface area contributed by atoms with Crippen molar-refractivity contribution in [2.24, 2.45) is 0 Å². The number of likely N-dealkylation sites (tertiary alicyclic amines) is 1. The number of hydrogen-bond donors (Lipinski definition) is 1. The molecule has 4 rings (SSSR count). The minimum Gasteiger partial charge on any atom is -0.484 e. The molecule has 0 radical (unpaired) electrons. The maximum Gasteiger partial charge on any atom is 0.269 e. The third-order valence-electron chi connectivity index (χ3n) is 5.24. The van der Waals surface area contributed by atoms with Gasteiger partial charge in [0.05, 0.1) is 0 Å². The summed E-state index contributed by atoms with van der Waals surface area (Å²) < 4.78 is 11.2. The van der Waals surface area contributed by atoms with Gasteiger partial charge in [-0.2, -0.15) is 4.98 Å². The van der Waals surface area contributed by atoms with Gasteiger partial charge in [0.25, 0.3) is 11.8 Å². The van der Waals surface area contributed by atoms with Crippen molar-refractivity contribution in [1.82, 2.24) is 25.3 Å². The van der Waals surface area contributed by atoms with Crippen LogP contribution in [0.1, 0.15) is 48.6 Å². The number of benzene rings is 1. The Morgan fingerprint density at radius 1 is 1.22 bits per heavy atom. The predicted octanol–water partition coefficient (Wildman–Crippen LogP) is 3.01. The fourth-order valence-corrected chi connectivity index (χ4v) is 3.66. The first-order valence-electron chi connectivity index (χ1n) is 10.7. The number of nitrogens with one attached hydrogen (secondary N) is 1. The fraction of sp³-hybridized carbons (Fsp3) is 0.348. The number of aromatic nitrogens is 3. The molecule has 1 fully saturated rings. The Labute approximate surface area is 185 Å². The van der Waals surface area contributed by atoms with Crippen LogP contribution >= 0.6 is 0 Å². The van der Waals surface area contributed by atoms with Crippen molar-refractivity contribution in [3.8, 4) is 17.1 Å². The Balaban J connectivity index is 1.48. The standard InChI is InChI=1S/C23H25N5O4/c1-2-24-22(30)18-14-16(11-12-25-18)21-26-23(32-27-21)19-10-6-7-13-28(19)20(29)15-31-17-8-4-3-5-9-17/h3-5,8-9,11-12,14,19H,2,6-7,10,13,15H2,1H3,(H,24,30). The molecule has 1 N–H and O–H groups in total. The van der Waals surface area contributed by atoms with E-state index in [0.717, 1.165) is 19.3 Å². The first-order valence-corrected chi connectivity index (χ1v) is 10.7. The molecule has 9 nitrogen and oxygen atoms in total. The minimum atomic E-state index is -0.304. The predicted molar refractivity (Wildman–Crippen MR) is 116 cm³/mol. The van der Waals surface area contributed by atoms with E-state index < -0.39 is 0 Å². The SMILES string of the molecule is CCNC(=O)c1cc(-c2noc(C3CCCCN3C(=O)COc3ccccc3)n2)ccn1. The normalized spacial score (nSPS) is 15.9. The molecular weight excluding hydrogens is 410 g/mol. The molecule has 2 amide bonds. The van der Waals surface area contributed by atoms with E-state index in [0.29, 0.717) is 36.1 Å². The van der Waals surface area contributed by atoms with Crippen LogP contribution in [0, 0.1) is 0 Å². The molecule has 0 aliphatic carbocycles. The summed E-state index contributed by atoms with van der Waals surface area (Å²) in [6.07, 6.45) is 4.14. The Kier molecular flexibility index (Phi) is 6.74. The highest BCUT2D eigenvalue weighted by Gasteiger charge is 2.32. The molecule has 166 valence electrons. The average Bonchev–Trinajstić information content (AvgIpc) is 3.34. The van der Waals surface area contributed by atoms with Gasteiger partial charge in [0.15, 0.2) is 6.61 Å². The lowest BCUT2D eigenvalue weighted by atomic mass is 10.0. The van der Waals surface area contributed by atoms with Gasteiger partial charge in [-0.25, -0.2) is 0 Å². The highest BCUT2D eigenvalue weighted by atomic mass is 16.5. The molecule has 3 aromatic rings. The van der Waals surface area contributed by atoms with Crippen LogP contribution in [0.2, 0.25) is 0 Å². The number of nitrogens with zero attached hydrogens (tertiary/aromatic N) is 4. The van der Waals surface area contributed by atoms with Crippen LogP contribution in [-0.4, -0.2) is 51.5 Å². The molecule has 0 spiro atoms. The average molecular weight is 435 g/mol. The quantitative estimate of drug-likeness (QED) is 0.607. The van der Waals surface area contributed by atoms with Gasteiger partial charge in [0, 0.05) is 24.8 Å². The highest BCUT2D eigenvalue weighted by molar-refractivity contribution is 5.93. The number of ether oxygens (including phenoxy) is 1. The van der Waals surface area contributed by atoms with E-state index in [1.165, 1.54) is 6.20 Å². The third kappa shape index (κ3) is 4.93. The summed E-state index contributed by atoms with van der Waals surface area (Å²) in [6.45, 7) is 2.91. The molecule has 2 aromatic heterocycles. The van der Waals surface area contributed by atoms with Gasteiger partial charge >= 0.3 is 0 Å². The fourth-order valence-electron chi connectivity index (χ4n) is 3.66. The zero-order chi connectivity index (χ0) is 22.3. The monoisotopic (exact) mass is 435 g/mol. The molecule has 1 saturated heterocycles. The second-order valence-electron chi connectivity index (χ2n) is 7.45. The van der Waals surface area contributed by atoms with Crippen LogP contribution in [0.4, 0.5) is 0 Å². The first-order chi connectivity index (χ1) is 15.7. The number of carbonyl (C=O) groups excluding carboxylic acids is 2. The van der Waals surface area contributed by atoms with E-state index in [4.69, 9.17) is 9.26 Å². The molecule has 9 heteroatoms. The van der Waals surface area contributed by atoms with E-state index >= 15 is 0 Å². The van der Waals surface area contributed by atoms with Gasteiger partial charge in [-0.1, -0.05) is 23.4 Å². The zero-order valence-corrected chi connectivity index (χ0v) is 17.9. The van der Waals surface area contributed by atoms with Crippen LogP contribution in [0.5, 0.6) is 5.75 Å². The lowest BCUT2D eigenvalue weighted by molar-refractivity contribution is -0.138. The van der Waals surface area contributed by atoms with Gasteiger partial charge < -0.3 is 19.5 Å². The van der Waals surface area contributed by atoms with Crippen molar-refractivity contribution in [3.05, 3.63) is 60.2 Å². The van der Waals surface area contributed by atoms with E-state index in [1.807, 2.05) is 37.3 Å². The molecular formula is C23H25N5O4.